The smallest absolute Gasteiger partial charge is 0.333 e. The molecule has 6 nitrogen and oxygen atoms in total. The largest absolute Gasteiger partial charge is 0.490 e. The van der Waals surface area contributed by atoms with E-state index in [2.05, 4.69) is 19.2 Å². The van der Waals surface area contributed by atoms with E-state index in [-0.39, 0.29) is 11.4 Å². The summed E-state index contributed by atoms with van der Waals surface area (Å²) in [6.45, 7) is 6.02. The van der Waals surface area contributed by atoms with Gasteiger partial charge >= 0.3 is 5.69 Å². The average molecular weight is 282 g/mol. The minimum absolute atomic E-state index is 0.0443. The normalized spacial score (nSPS) is 10.6. The maximum atomic E-state index is 11.1. The van der Waals surface area contributed by atoms with Crippen molar-refractivity contribution in [3.63, 3.8) is 0 Å². The van der Waals surface area contributed by atoms with Crippen molar-refractivity contribution < 1.29 is 14.4 Å². The summed E-state index contributed by atoms with van der Waals surface area (Å²) < 4.78 is 10.5. The van der Waals surface area contributed by atoms with Crippen molar-refractivity contribution in [2.75, 3.05) is 32.2 Å². The van der Waals surface area contributed by atoms with E-state index >= 15 is 0 Å². The Bertz CT molecular complexity index is 435. The van der Waals surface area contributed by atoms with Crippen LogP contribution >= 0.6 is 0 Å². The van der Waals surface area contributed by atoms with Crippen LogP contribution in [-0.4, -0.2) is 31.8 Å². The Morgan fingerprint density at radius 1 is 1.35 bits per heavy atom. The zero-order valence-electron chi connectivity index (χ0n) is 12.2. The third kappa shape index (κ3) is 5.05. The van der Waals surface area contributed by atoms with Crippen LogP contribution in [0.3, 0.4) is 0 Å². The first-order valence-corrected chi connectivity index (χ1v) is 6.69. The number of benzene rings is 1. The Morgan fingerprint density at radius 3 is 2.70 bits per heavy atom. The highest BCUT2D eigenvalue weighted by Gasteiger charge is 2.19. The first kappa shape index (κ1) is 16.2. The number of rotatable bonds is 9. The molecule has 0 aliphatic heterocycles. The van der Waals surface area contributed by atoms with E-state index in [0.29, 0.717) is 31.4 Å². The third-order valence-corrected chi connectivity index (χ3v) is 2.80. The maximum Gasteiger partial charge on any atom is 0.333 e. The van der Waals surface area contributed by atoms with Crippen LogP contribution in [0.15, 0.2) is 18.2 Å². The molecule has 0 fully saturated rings. The highest BCUT2D eigenvalue weighted by molar-refractivity contribution is 5.68. The van der Waals surface area contributed by atoms with Crippen LogP contribution < -0.4 is 10.1 Å². The first-order chi connectivity index (χ1) is 9.56. The molecule has 0 spiro atoms. The fourth-order valence-electron chi connectivity index (χ4n) is 1.70. The Hall–Kier alpha value is -1.82. The van der Waals surface area contributed by atoms with Gasteiger partial charge in [0.1, 0.15) is 5.69 Å². The Morgan fingerprint density at radius 2 is 2.10 bits per heavy atom. The quantitative estimate of drug-likeness (QED) is 0.428. The van der Waals surface area contributed by atoms with Crippen molar-refractivity contribution in [3.8, 4) is 5.75 Å². The summed E-state index contributed by atoms with van der Waals surface area (Å²) in [6.07, 6.45) is 1.01. The lowest BCUT2D eigenvalue weighted by Crippen LogP contribution is -2.12. The topological polar surface area (TPSA) is 73.6 Å². The molecular weight excluding hydrogens is 260 g/mol. The van der Waals surface area contributed by atoms with Crippen molar-refractivity contribution in [3.05, 3.63) is 28.3 Å². The third-order valence-electron chi connectivity index (χ3n) is 2.80. The maximum absolute atomic E-state index is 11.1. The number of hydrogen-bond donors (Lipinski definition) is 1. The van der Waals surface area contributed by atoms with E-state index in [1.807, 2.05) is 0 Å². The number of para-hydroxylation sites is 1. The fraction of sp³-hybridized carbons (Fsp3) is 0.571. The molecule has 0 saturated carbocycles. The predicted octanol–water partition coefficient (Wildman–Crippen LogP) is 3.08. The van der Waals surface area contributed by atoms with Gasteiger partial charge < -0.3 is 14.8 Å². The van der Waals surface area contributed by atoms with Crippen LogP contribution in [0.5, 0.6) is 5.75 Å². The highest BCUT2D eigenvalue weighted by Crippen LogP contribution is 2.34. The second-order valence-corrected chi connectivity index (χ2v) is 4.84. The van der Waals surface area contributed by atoms with Gasteiger partial charge in [-0.3, -0.25) is 10.1 Å². The van der Waals surface area contributed by atoms with E-state index in [4.69, 9.17) is 9.47 Å². The predicted molar refractivity (Wildman–Crippen MR) is 78.4 cm³/mol. The van der Waals surface area contributed by atoms with Gasteiger partial charge in [0.05, 0.1) is 18.6 Å². The molecule has 1 N–H and O–H groups in total. The SMILES string of the molecule is COc1cccc(NCCOCCC(C)C)c1[N+](=O)[O-]. The molecule has 1 aromatic rings. The van der Waals surface area contributed by atoms with Crippen LogP contribution in [-0.2, 0) is 4.74 Å². The molecule has 1 rings (SSSR count). The molecule has 0 aliphatic rings. The van der Waals surface area contributed by atoms with Gasteiger partial charge in [0.25, 0.3) is 0 Å². The number of nitro benzene ring substituents is 1. The molecular formula is C14H22N2O4. The molecule has 0 radical (unpaired) electrons. The van der Waals surface area contributed by atoms with Crippen molar-refractivity contribution in [2.45, 2.75) is 20.3 Å². The molecule has 0 atom stereocenters. The molecule has 0 heterocycles. The fourth-order valence-corrected chi connectivity index (χ4v) is 1.70. The average Bonchev–Trinajstić information content (AvgIpc) is 2.41. The number of methoxy groups -OCH3 is 1. The molecule has 0 unspecified atom stereocenters. The van der Waals surface area contributed by atoms with Crippen molar-refractivity contribution >= 4 is 11.4 Å². The van der Waals surface area contributed by atoms with E-state index in [1.54, 1.807) is 18.2 Å². The van der Waals surface area contributed by atoms with Crippen LogP contribution in [0.25, 0.3) is 0 Å². The van der Waals surface area contributed by atoms with E-state index < -0.39 is 4.92 Å². The number of anilines is 1. The van der Waals surface area contributed by atoms with Crippen molar-refractivity contribution in [1.82, 2.24) is 0 Å². The molecule has 0 amide bonds. The summed E-state index contributed by atoms with van der Waals surface area (Å²) in [6, 6.07) is 4.95. The summed E-state index contributed by atoms with van der Waals surface area (Å²) in [5, 5.41) is 14.1. The Kier molecular flexibility index (Phi) is 6.79. The van der Waals surface area contributed by atoms with Gasteiger partial charge in [0.2, 0.25) is 0 Å². The minimum Gasteiger partial charge on any atom is -0.490 e. The summed E-state index contributed by atoms with van der Waals surface area (Å²) in [4.78, 5) is 10.6. The van der Waals surface area contributed by atoms with Gasteiger partial charge in [-0.2, -0.15) is 0 Å². The van der Waals surface area contributed by atoms with Gasteiger partial charge in [0, 0.05) is 13.2 Å². The van der Waals surface area contributed by atoms with Crippen LogP contribution in [0.4, 0.5) is 11.4 Å². The second kappa shape index (κ2) is 8.37. The highest BCUT2D eigenvalue weighted by atomic mass is 16.6. The zero-order chi connectivity index (χ0) is 15.0. The van der Waals surface area contributed by atoms with Gasteiger partial charge in [-0.1, -0.05) is 19.9 Å². The number of nitro groups is 1. The Labute approximate surface area is 119 Å². The van der Waals surface area contributed by atoms with Gasteiger partial charge in [-0.05, 0) is 24.5 Å². The van der Waals surface area contributed by atoms with Crippen molar-refractivity contribution in [1.29, 1.82) is 0 Å². The summed E-state index contributed by atoms with van der Waals surface area (Å²) >= 11 is 0. The lowest BCUT2D eigenvalue weighted by atomic mass is 10.1. The van der Waals surface area contributed by atoms with E-state index in [9.17, 15) is 10.1 Å². The molecule has 0 aliphatic carbocycles. The molecule has 6 heteroatoms. The zero-order valence-corrected chi connectivity index (χ0v) is 12.2. The van der Waals surface area contributed by atoms with E-state index in [1.165, 1.54) is 7.11 Å². The lowest BCUT2D eigenvalue weighted by Gasteiger charge is -2.10. The lowest BCUT2D eigenvalue weighted by molar-refractivity contribution is -0.384. The molecule has 0 aromatic heterocycles. The number of hydrogen-bond acceptors (Lipinski definition) is 5. The minimum atomic E-state index is -0.444. The van der Waals surface area contributed by atoms with Gasteiger partial charge in [-0.25, -0.2) is 0 Å². The Balaban J connectivity index is 2.49. The first-order valence-electron chi connectivity index (χ1n) is 6.69. The monoisotopic (exact) mass is 282 g/mol. The van der Waals surface area contributed by atoms with Crippen LogP contribution in [0.2, 0.25) is 0 Å². The van der Waals surface area contributed by atoms with Crippen molar-refractivity contribution in [2.24, 2.45) is 5.92 Å². The standard InChI is InChI=1S/C14H22N2O4/c1-11(2)7-9-20-10-8-15-12-5-4-6-13(19-3)14(12)16(17)18/h4-6,11,15H,7-10H2,1-3H3. The summed E-state index contributed by atoms with van der Waals surface area (Å²) in [7, 11) is 1.42. The summed E-state index contributed by atoms with van der Waals surface area (Å²) in [5.41, 5.74) is 0.402. The van der Waals surface area contributed by atoms with E-state index in [0.717, 1.165) is 6.42 Å². The van der Waals surface area contributed by atoms with Gasteiger partial charge in [-0.15, -0.1) is 0 Å². The van der Waals surface area contributed by atoms with Crippen LogP contribution in [0, 0.1) is 16.0 Å². The molecule has 0 saturated heterocycles. The number of nitrogens with zero attached hydrogens (tertiary/aromatic N) is 1. The van der Waals surface area contributed by atoms with Gasteiger partial charge in [0.15, 0.2) is 5.75 Å². The summed E-state index contributed by atoms with van der Waals surface area (Å²) in [5.74, 6) is 0.864. The number of nitrogens with one attached hydrogen (secondary N) is 1. The molecule has 1 aromatic carbocycles. The molecule has 0 bridgehead atoms. The second-order valence-electron chi connectivity index (χ2n) is 4.84. The molecule has 20 heavy (non-hydrogen) atoms. The molecule has 112 valence electrons. The van der Waals surface area contributed by atoms with Crippen LogP contribution in [0.1, 0.15) is 20.3 Å². The number of ether oxygens (including phenoxy) is 2.